The number of halogens is 1. The van der Waals surface area contributed by atoms with Crippen molar-refractivity contribution in [2.24, 2.45) is 5.73 Å². The van der Waals surface area contributed by atoms with Crippen LogP contribution in [0, 0.1) is 0 Å². The van der Waals surface area contributed by atoms with Crippen LogP contribution in [0.25, 0.3) is 0 Å². The molecule has 1 rings (SSSR count). The molecule has 0 radical (unpaired) electrons. The van der Waals surface area contributed by atoms with E-state index in [4.69, 9.17) is 22.7 Å². The van der Waals surface area contributed by atoms with Crippen molar-refractivity contribution in [3.05, 3.63) is 28.2 Å². The molecule has 0 amide bonds. The Morgan fingerprint density at radius 2 is 2.22 bits per heavy atom. The van der Waals surface area contributed by atoms with Crippen molar-refractivity contribution in [3.63, 3.8) is 0 Å². The lowest BCUT2D eigenvalue weighted by atomic mass is 10.2. The first kappa shape index (κ1) is 15.4. The fraction of sp³-hybridized carbons (Fsp3) is 0.462. The van der Waals surface area contributed by atoms with Crippen LogP contribution in [0.1, 0.15) is 18.9 Å². The maximum absolute atomic E-state index is 5.61. The van der Waals surface area contributed by atoms with E-state index in [2.05, 4.69) is 39.9 Å². The summed E-state index contributed by atoms with van der Waals surface area (Å²) in [6.45, 7) is 4.64. The molecule has 3 nitrogen and oxygen atoms in total. The number of nitrogens with zero attached hydrogens (tertiary/aromatic N) is 1. The highest BCUT2D eigenvalue weighted by atomic mass is 79.9. The molecule has 0 bridgehead atoms. The number of ether oxygens (including phenoxy) is 1. The minimum absolute atomic E-state index is 0.538. The zero-order chi connectivity index (χ0) is 13.5. The molecule has 100 valence electrons. The van der Waals surface area contributed by atoms with Crippen molar-refractivity contribution >= 4 is 33.1 Å². The van der Waals surface area contributed by atoms with Crippen molar-refractivity contribution in [2.45, 2.75) is 19.9 Å². The van der Waals surface area contributed by atoms with Crippen LogP contribution >= 0.6 is 28.1 Å². The van der Waals surface area contributed by atoms with Gasteiger partial charge in [-0.2, -0.15) is 0 Å². The van der Waals surface area contributed by atoms with Crippen LogP contribution in [-0.2, 0) is 6.54 Å². The SMILES string of the molecule is CCCN(CC(N)=S)Cc1ccc(OC)c(Br)c1. The number of thiocarbonyl (C=S) groups is 1. The second-order valence-corrected chi connectivity index (χ2v) is 5.52. The van der Waals surface area contributed by atoms with Gasteiger partial charge in [-0.25, -0.2) is 0 Å². The lowest BCUT2D eigenvalue weighted by Crippen LogP contribution is -2.32. The first-order valence-corrected chi connectivity index (χ1v) is 7.10. The van der Waals surface area contributed by atoms with Crippen LogP contribution in [0.5, 0.6) is 5.75 Å². The Balaban J connectivity index is 2.73. The monoisotopic (exact) mass is 330 g/mol. The van der Waals surface area contributed by atoms with Crippen LogP contribution < -0.4 is 10.5 Å². The Morgan fingerprint density at radius 3 is 2.72 bits per heavy atom. The molecule has 0 fully saturated rings. The minimum Gasteiger partial charge on any atom is -0.496 e. The molecule has 0 atom stereocenters. The quantitative estimate of drug-likeness (QED) is 0.780. The molecule has 0 unspecified atom stereocenters. The van der Waals surface area contributed by atoms with Gasteiger partial charge in [-0.05, 0) is 46.6 Å². The largest absolute Gasteiger partial charge is 0.496 e. The van der Waals surface area contributed by atoms with Gasteiger partial charge in [0, 0.05) is 13.1 Å². The molecule has 18 heavy (non-hydrogen) atoms. The van der Waals surface area contributed by atoms with Gasteiger partial charge in [0.15, 0.2) is 0 Å². The summed E-state index contributed by atoms with van der Waals surface area (Å²) in [5.41, 5.74) is 6.83. The molecule has 0 aliphatic rings. The average Bonchev–Trinajstić information content (AvgIpc) is 2.28. The summed E-state index contributed by atoms with van der Waals surface area (Å²) in [5.74, 6) is 0.843. The summed E-state index contributed by atoms with van der Waals surface area (Å²) in [6.07, 6.45) is 1.08. The molecule has 2 N–H and O–H groups in total. The average molecular weight is 331 g/mol. The van der Waals surface area contributed by atoms with Gasteiger partial charge in [-0.3, -0.25) is 4.90 Å². The second-order valence-electron chi connectivity index (χ2n) is 4.15. The fourth-order valence-electron chi connectivity index (χ4n) is 1.82. The van der Waals surface area contributed by atoms with E-state index in [-0.39, 0.29) is 0 Å². The molecular formula is C13H19BrN2OS. The zero-order valence-corrected chi connectivity index (χ0v) is 13.2. The van der Waals surface area contributed by atoms with E-state index in [1.165, 1.54) is 5.56 Å². The molecule has 0 saturated heterocycles. The number of hydrogen-bond acceptors (Lipinski definition) is 3. The van der Waals surface area contributed by atoms with Crippen molar-refractivity contribution in [1.29, 1.82) is 0 Å². The van der Waals surface area contributed by atoms with Crippen molar-refractivity contribution in [3.8, 4) is 5.75 Å². The molecule has 1 aromatic rings. The summed E-state index contributed by atoms with van der Waals surface area (Å²) in [6, 6.07) is 6.09. The molecule has 0 aromatic heterocycles. The second kappa shape index (κ2) is 7.71. The van der Waals surface area contributed by atoms with Crippen LogP contribution in [0.15, 0.2) is 22.7 Å². The minimum atomic E-state index is 0.538. The Morgan fingerprint density at radius 1 is 1.50 bits per heavy atom. The topological polar surface area (TPSA) is 38.5 Å². The van der Waals surface area contributed by atoms with Crippen LogP contribution in [0.2, 0.25) is 0 Å². The van der Waals surface area contributed by atoms with Gasteiger partial charge in [0.2, 0.25) is 0 Å². The summed E-state index contributed by atoms with van der Waals surface area (Å²) < 4.78 is 6.18. The smallest absolute Gasteiger partial charge is 0.133 e. The molecular weight excluding hydrogens is 312 g/mol. The van der Waals surface area contributed by atoms with Crippen molar-refractivity contribution in [1.82, 2.24) is 4.90 Å². The third-order valence-corrected chi connectivity index (χ3v) is 3.29. The number of nitrogens with two attached hydrogens (primary N) is 1. The highest BCUT2D eigenvalue weighted by molar-refractivity contribution is 9.10. The zero-order valence-electron chi connectivity index (χ0n) is 10.8. The number of hydrogen-bond donors (Lipinski definition) is 1. The highest BCUT2D eigenvalue weighted by Crippen LogP contribution is 2.26. The Labute approximate surface area is 122 Å². The van der Waals surface area contributed by atoms with Gasteiger partial charge in [0.05, 0.1) is 16.6 Å². The Bertz CT molecular complexity index is 412. The molecule has 0 saturated carbocycles. The van der Waals surface area contributed by atoms with Crippen LogP contribution in [-0.4, -0.2) is 30.1 Å². The van der Waals surface area contributed by atoms with E-state index in [1.54, 1.807) is 7.11 Å². The lowest BCUT2D eigenvalue weighted by Gasteiger charge is -2.21. The van der Waals surface area contributed by atoms with E-state index in [0.29, 0.717) is 11.5 Å². The van der Waals surface area contributed by atoms with Gasteiger partial charge >= 0.3 is 0 Å². The lowest BCUT2D eigenvalue weighted by molar-refractivity contribution is 0.304. The Hall–Kier alpha value is -0.650. The standard InChI is InChI=1S/C13H19BrN2OS/c1-3-6-16(9-13(15)18)8-10-4-5-12(17-2)11(14)7-10/h4-5,7H,3,6,8-9H2,1-2H3,(H2,15,18). The van der Waals surface area contributed by atoms with Gasteiger partial charge in [-0.15, -0.1) is 0 Å². The summed E-state index contributed by atoms with van der Waals surface area (Å²) in [4.78, 5) is 2.78. The van der Waals surface area contributed by atoms with E-state index >= 15 is 0 Å². The summed E-state index contributed by atoms with van der Waals surface area (Å²) in [5, 5.41) is 0. The van der Waals surface area contributed by atoms with Crippen molar-refractivity contribution < 1.29 is 4.74 Å². The number of methoxy groups -OCH3 is 1. The van der Waals surface area contributed by atoms with Gasteiger partial charge in [0.25, 0.3) is 0 Å². The Kier molecular flexibility index (Phi) is 6.60. The van der Waals surface area contributed by atoms with Crippen molar-refractivity contribution in [2.75, 3.05) is 20.2 Å². The first-order valence-electron chi connectivity index (χ1n) is 5.90. The fourth-order valence-corrected chi connectivity index (χ4v) is 2.59. The predicted octanol–water partition coefficient (Wildman–Crippen LogP) is 2.96. The molecule has 5 heteroatoms. The first-order chi connectivity index (χ1) is 8.56. The molecule has 0 heterocycles. The van der Waals surface area contributed by atoms with Crippen LogP contribution in [0.4, 0.5) is 0 Å². The van der Waals surface area contributed by atoms with Gasteiger partial charge in [0.1, 0.15) is 5.75 Å². The number of benzene rings is 1. The molecule has 1 aromatic carbocycles. The van der Waals surface area contributed by atoms with Gasteiger partial charge < -0.3 is 10.5 Å². The van der Waals surface area contributed by atoms with E-state index in [9.17, 15) is 0 Å². The third-order valence-electron chi connectivity index (χ3n) is 2.54. The molecule has 0 spiro atoms. The van der Waals surface area contributed by atoms with E-state index in [0.717, 1.165) is 29.7 Å². The third kappa shape index (κ3) is 4.92. The summed E-state index contributed by atoms with van der Waals surface area (Å²) >= 11 is 8.47. The van der Waals surface area contributed by atoms with Gasteiger partial charge in [-0.1, -0.05) is 25.2 Å². The highest BCUT2D eigenvalue weighted by Gasteiger charge is 2.08. The maximum atomic E-state index is 5.61. The molecule has 0 aliphatic carbocycles. The summed E-state index contributed by atoms with van der Waals surface area (Å²) in [7, 11) is 1.66. The normalized spacial score (nSPS) is 10.7. The van der Waals surface area contributed by atoms with Crippen LogP contribution in [0.3, 0.4) is 0 Å². The maximum Gasteiger partial charge on any atom is 0.133 e. The number of rotatable bonds is 7. The van der Waals surface area contributed by atoms with E-state index in [1.807, 2.05) is 6.07 Å². The molecule has 0 aliphatic heterocycles. The van der Waals surface area contributed by atoms with E-state index < -0.39 is 0 Å². The predicted molar refractivity (Wildman–Crippen MR) is 83.0 cm³/mol.